The number of benzene rings is 2. The number of aliphatic hydroxyl groups excluding tert-OH is 1. The van der Waals surface area contributed by atoms with Crippen molar-refractivity contribution < 1.29 is 14.6 Å². The highest BCUT2D eigenvalue weighted by Gasteiger charge is 2.19. The van der Waals surface area contributed by atoms with Crippen molar-refractivity contribution in [3.05, 3.63) is 86.6 Å². The van der Waals surface area contributed by atoms with Crippen molar-refractivity contribution in [3.8, 4) is 10.6 Å². The van der Waals surface area contributed by atoms with Gasteiger partial charge >= 0.3 is 0 Å². The Morgan fingerprint density at radius 1 is 1.23 bits per heavy atom. The molecule has 0 bridgehead atoms. The highest BCUT2D eigenvalue weighted by molar-refractivity contribution is 7.15. The third kappa shape index (κ3) is 7.17. The molecule has 0 aliphatic carbocycles. The van der Waals surface area contributed by atoms with E-state index < -0.39 is 6.10 Å². The van der Waals surface area contributed by atoms with E-state index in [4.69, 9.17) is 16.3 Å². The Kier molecular flexibility index (Phi) is 9.49. The van der Waals surface area contributed by atoms with E-state index in [1.54, 1.807) is 6.08 Å². The summed E-state index contributed by atoms with van der Waals surface area (Å²) in [6, 6.07) is 13.6. The topological polar surface area (TPSA) is 71.5 Å². The summed E-state index contributed by atoms with van der Waals surface area (Å²) in [4.78, 5) is 18.4. The molecule has 0 aliphatic heterocycles. The zero-order valence-corrected chi connectivity index (χ0v) is 22.5. The molecular weight excluding hydrogens is 480 g/mol. The molecule has 1 heterocycles. The predicted molar refractivity (Wildman–Crippen MR) is 144 cm³/mol. The van der Waals surface area contributed by atoms with Gasteiger partial charge in [-0.15, -0.1) is 11.3 Å². The molecule has 3 rings (SSSR count). The number of halogens is 1. The van der Waals surface area contributed by atoms with Crippen molar-refractivity contribution in [2.75, 3.05) is 0 Å². The average Bonchev–Trinajstić information content (AvgIpc) is 3.20. The monoisotopic (exact) mass is 512 g/mol. The Hall–Kier alpha value is -2.67. The number of nitrogens with zero attached hydrogens (tertiary/aromatic N) is 1. The normalized spacial score (nSPS) is 12.7. The number of hydrogen-bond donors (Lipinski definition) is 2. The molecule has 1 aromatic heterocycles. The van der Waals surface area contributed by atoms with Crippen LogP contribution < -0.4 is 5.32 Å². The van der Waals surface area contributed by atoms with Gasteiger partial charge in [-0.3, -0.25) is 4.79 Å². The molecule has 35 heavy (non-hydrogen) atoms. The molecule has 0 fully saturated rings. The molecule has 0 saturated heterocycles. The average molecular weight is 513 g/mol. The van der Waals surface area contributed by atoms with Crippen molar-refractivity contribution in [2.45, 2.75) is 66.2 Å². The second-order valence-electron chi connectivity index (χ2n) is 8.76. The lowest BCUT2D eigenvalue weighted by atomic mass is 10.00. The van der Waals surface area contributed by atoms with Crippen LogP contribution in [0.3, 0.4) is 0 Å². The van der Waals surface area contributed by atoms with Gasteiger partial charge in [0.15, 0.2) is 0 Å². The zero-order chi connectivity index (χ0) is 25.5. The van der Waals surface area contributed by atoms with Crippen molar-refractivity contribution in [3.63, 3.8) is 0 Å². The predicted octanol–water partition coefficient (Wildman–Crippen LogP) is 7.20. The molecular formula is C28H33ClN2O3S. The Bertz CT molecular complexity index is 1200. The lowest BCUT2D eigenvalue weighted by molar-refractivity contribution is 0.00710. The van der Waals surface area contributed by atoms with Crippen molar-refractivity contribution in [1.82, 2.24) is 10.3 Å². The second-order valence-corrected chi connectivity index (χ2v) is 10.4. The maximum Gasteiger partial charge on any atom is 0.271 e. The smallest absolute Gasteiger partial charge is 0.271 e. The van der Waals surface area contributed by atoms with E-state index >= 15 is 0 Å². The van der Waals surface area contributed by atoms with E-state index in [0.717, 1.165) is 38.6 Å². The van der Waals surface area contributed by atoms with Gasteiger partial charge in [-0.1, -0.05) is 54.9 Å². The van der Waals surface area contributed by atoms with E-state index in [1.165, 1.54) is 11.3 Å². The molecule has 1 unspecified atom stereocenters. The van der Waals surface area contributed by atoms with Crippen LogP contribution in [0.5, 0.6) is 0 Å². The first-order valence-electron chi connectivity index (χ1n) is 11.8. The summed E-state index contributed by atoms with van der Waals surface area (Å²) >= 11 is 7.77. The number of aliphatic hydroxyl groups is 1. The van der Waals surface area contributed by atoms with Crippen LogP contribution in [0.25, 0.3) is 10.6 Å². The number of hydrogen-bond acceptors (Lipinski definition) is 5. The van der Waals surface area contributed by atoms with Crippen LogP contribution in [0, 0.1) is 13.8 Å². The van der Waals surface area contributed by atoms with Gasteiger partial charge in [0.05, 0.1) is 11.1 Å². The molecule has 0 saturated carbocycles. The van der Waals surface area contributed by atoms with E-state index in [1.807, 2.05) is 71.0 Å². The lowest BCUT2D eigenvalue weighted by Crippen LogP contribution is -2.25. The van der Waals surface area contributed by atoms with Gasteiger partial charge in [0.25, 0.3) is 5.91 Å². The van der Waals surface area contributed by atoms with Crippen LogP contribution >= 0.6 is 22.9 Å². The number of thiazole rings is 1. The molecule has 0 aliphatic rings. The maximum atomic E-state index is 13.0. The van der Waals surface area contributed by atoms with Gasteiger partial charge in [0.1, 0.15) is 22.6 Å². The standard InChI is InChI=1S/C28H33ClN2O3S/c1-6-9-24(32)25(34-17(2)3)15-20-13-12-18(4)21(14-20)16-30-27(33)26-19(5)35-28(31-26)22-10-7-8-11-23(22)29/h7-14,17,25,32H,6,15-16H2,1-5H3,(H,30,33)/b24-9+. The van der Waals surface area contributed by atoms with Crippen LogP contribution in [-0.4, -0.2) is 28.2 Å². The second kappa shape index (κ2) is 12.3. The molecule has 2 N–H and O–H groups in total. The molecule has 0 spiro atoms. The fourth-order valence-corrected chi connectivity index (χ4v) is 5.00. The molecule has 0 radical (unpaired) electrons. The SMILES string of the molecule is CC/C=C(/O)C(Cc1ccc(C)c(CNC(=O)c2nc(-c3ccccc3Cl)sc2C)c1)OC(C)C. The van der Waals surface area contributed by atoms with Crippen LogP contribution in [0.15, 0.2) is 54.3 Å². The largest absolute Gasteiger partial charge is 0.510 e. The minimum Gasteiger partial charge on any atom is -0.510 e. The van der Waals surface area contributed by atoms with E-state index in [9.17, 15) is 9.90 Å². The van der Waals surface area contributed by atoms with Gasteiger partial charge in [0.2, 0.25) is 0 Å². The highest BCUT2D eigenvalue weighted by atomic mass is 35.5. The minimum absolute atomic E-state index is 0.00591. The minimum atomic E-state index is -0.402. The van der Waals surface area contributed by atoms with Crippen LogP contribution in [0.2, 0.25) is 5.02 Å². The molecule has 1 amide bonds. The van der Waals surface area contributed by atoms with Gasteiger partial charge in [-0.2, -0.15) is 0 Å². The molecule has 2 aromatic carbocycles. The van der Waals surface area contributed by atoms with Gasteiger partial charge in [-0.25, -0.2) is 4.98 Å². The first-order valence-corrected chi connectivity index (χ1v) is 13.0. The van der Waals surface area contributed by atoms with Crippen molar-refractivity contribution in [2.24, 2.45) is 0 Å². The van der Waals surface area contributed by atoms with Gasteiger partial charge in [-0.05, 0) is 62.9 Å². The van der Waals surface area contributed by atoms with E-state index in [0.29, 0.717) is 23.7 Å². The van der Waals surface area contributed by atoms with E-state index in [2.05, 4.69) is 16.4 Å². The molecule has 1 atom stereocenters. The molecule has 7 heteroatoms. The number of ether oxygens (including phenoxy) is 1. The van der Waals surface area contributed by atoms with Crippen LogP contribution in [0.4, 0.5) is 0 Å². The summed E-state index contributed by atoms with van der Waals surface area (Å²) in [7, 11) is 0. The quantitative estimate of drug-likeness (QED) is 0.282. The van der Waals surface area contributed by atoms with E-state index in [-0.39, 0.29) is 17.8 Å². The fourth-order valence-electron chi connectivity index (χ4n) is 3.76. The Morgan fingerprint density at radius 2 is 1.97 bits per heavy atom. The number of carbonyl (C=O) groups is 1. The Morgan fingerprint density at radius 3 is 2.66 bits per heavy atom. The first kappa shape index (κ1) is 26.9. The maximum absolute atomic E-state index is 13.0. The number of allylic oxidation sites excluding steroid dienone is 1. The molecule has 3 aromatic rings. The molecule has 186 valence electrons. The number of aromatic nitrogens is 1. The third-order valence-corrected chi connectivity index (χ3v) is 6.90. The van der Waals surface area contributed by atoms with Gasteiger partial charge in [0, 0.05) is 23.4 Å². The van der Waals surface area contributed by atoms with Crippen molar-refractivity contribution >= 4 is 28.8 Å². The number of aryl methyl sites for hydroxylation is 2. The number of rotatable bonds is 10. The number of carbonyl (C=O) groups excluding carboxylic acids is 1. The lowest BCUT2D eigenvalue weighted by Gasteiger charge is -2.21. The Labute approximate surface area is 216 Å². The number of nitrogens with one attached hydrogen (secondary N) is 1. The summed E-state index contributed by atoms with van der Waals surface area (Å²) < 4.78 is 5.95. The van der Waals surface area contributed by atoms with Gasteiger partial charge < -0.3 is 15.2 Å². The highest BCUT2D eigenvalue weighted by Crippen LogP contribution is 2.32. The Balaban J connectivity index is 1.73. The third-order valence-electron chi connectivity index (χ3n) is 5.57. The van der Waals surface area contributed by atoms with Crippen LogP contribution in [0.1, 0.15) is 59.2 Å². The fraction of sp³-hybridized carbons (Fsp3) is 0.357. The summed E-state index contributed by atoms with van der Waals surface area (Å²) in [5.41, 5.74) is 4.36. The number of amides is 1. The first-order chi connectivity index (χ1) is 16.7. The zero-order valence-electron chi connectivity index (χ0n) is 20.9. The summed E-state index contributed by atoms with van der Waals surface area (Å²) in [5.74, 6) is 0.0383. The molecule has 5 nitrogen and oxygen atoms in total. The summed E-state index contributed by atoms with van der Waals surface area (Å²) in [6.45, 7) is 10.2. The van der Waals surface area contributed by atoms with Crippen LogP contribution in [-0.2, 0) is 17.7 Å². The summed E-state index contributed by atoms with van der Waals surface area (Å²) in [6.07, 6.45) is 2.67. The summed E-state index contributed by atoms with van der Waals surface area (Å²) in [5, 5.41) is 14.8. The van der Waals surface area contributed by atoms with Crippen molar-refractivity contribution in [1.29, 1.82) is 0 Å².